The molecule has 1 rings (SSSR count). The minimum absolute atomic E-state index is 0.00148. The predicted molar refractivity (Wildman–Crippen MR) is 66.1 cm³/mol. The maximum Gasteiger partial charge on any atom is 0.404 e. The van der Waals surface area contributed by atoms with Gasteiger partial charge >= 0.3 is 6.09 Å². The Bertz CT molecular complexity index is 519. The summed E-state index contributed by atoms with van der Waals surface area (Å²) < 4.78 is 4.46. The third-order valence-electron chi connectivity index (χ3n) is 1.94. The number of carbonyl (C=O) groups is 2. The third kappa shape index (κ3) is 5.52. The summed E-state index contributed by atoms with van der Waals surface area (Å²) in [5.74, 6) is 4.73. The number of aliphatic hydroxyl groups excluding tert-OH is 1. The fraction of sp³-hybridized carbons (Fsp3) is 0.250. The lowest BCUT2D eigenvalue weighted by atomic mass is 10.2. The first-order chi connectivity index (χ1) is 9.13. The Kier molecular flexibility index (Phi) is 5.85. The second-order valence-corrected chi connectivity index (χ2v) is 3.35. The van der Waals surface area contributed by atoms with Crippen molar-refractivity contribution in [2.45, 2.75) is 0 Å². The first-order valence-electron chi connectivity index (χ1n) is 5.38. The fourth-order valence-electron chi connectivity index (χ4n) is 1.19. The zero-order valence-corrected chi connectivity index (χ0v) is 10.0. The Morgan fingerprint density at radius 2 is 2.26 bits per heavy atom. The van der Waals surface area contributed by atoms with Crippen LogP contribution in [0.3, 0.4) is 0 Å². The van der Waals surface area contributed by atoms with Crippen LogP contribution in [0.4, 0.5) is 4.79 Å². The van der Waals surface area contributed by atoms with Gasteiger partial charge in [-0.25, -0.2) is 4.79 Å². The first kappa shape index (κ1) is 14.5. The van der Waals surface area contributed by atoms with Crippen molar-refractivity contribution in [2.75, 3.05) is 19.8 Å². The SMILES string of the molecule is NC(=O)OCCNC(=O)c1cncc(C#CCO)c1. The number of aromatic nitrogens is 1. The molecular weight excluding hydrogens is 250 g/mol. The molecule has 0 fully saturated rings. The van der Waals surface area contributed by atoms with Gasteiger partial charge in [0, 0.05) is 18.0 Å². The van der Waals surface area contributed by atoms with Crippen molar-refractivity contribution >= 4 is 12.0 Å². The van der Waals surface area contributed by atoms with E-state index in [-0.39, 0.29) is 25.7 Å². The van der Waals surface area contributed by atoms with Crippen LogP contribution in [0.5, 0.6) is 0 Å². The summed E-state index contributed by atoms with van der Waals surface area (Å²) >= 11 is 0. The van der Waals surface area contributed by atoms with Crippen LogP contribution in [-0.2, 0) is 4.74 Å². The number of nitrogens with one attached hydrogen (secondary N) is 1. The Balaban J connectivity index is 2.54. The van der Waals surface area contributed by atoms with E-state index in [1.165, 1.54) is 12.4 Å². The van der Waals surface area contributed by atoms with Crippen molar-refractivity contribution in [2.24, 2.45) is 5.73 Å². The van der Waals surface area contributed by atoms with Gasteiger partial charge in [0.2, 0.25) is 0 Å². The van der Waals surface area contributed by atoms with Gasteiger partial charge in [-0.3, -0.25) is 9.78 Å². The minimum Gasteiger partial charge on any atom is -0.448 e. The summed E-state index contributed by atoms with van der Waals surface area (Å²) in [6.45, 7) is -0.117. The van der Waals surface area contributed by atoms with Crippen LogP contribution in [0.2, 0.25) is 0 Å². The smallest absolute Gasteiger partial charge is 0.404 e. The number of nitrogens with zero attached hydrogens (tertiary/aromatic N) is 1. The Morgan fingerprint density at radius 1 is 1.47 bits per heavy atom. The number of primary amides is 1. The number of carbonyl (C=O) groups excluding carboxylic acids is 2. The van der Waals surface area contributed by atoms with Gasteiger partial charge in [0.05, 0.1) is 12.1 Å². The monoisotopic (exact) mass is 263 g/mol. The zero-order valence-electron chi connectivity index (χ0n) is 10.0. The molecule has 100 valence electrons. The predicted octanol–water partition coefficient (Wildman–Crippen LogP) is -0.749. The summed E-state index contributed by atoms with van der Waals surface area (Å²) in [4.78, 5) is 25.9. The number of amides is 2. The van der Waals surface area contributed by atoms with Crippen molar-refractivity contribution < 1.29 is 19.4 Å². The average Bonchev–Trinajstić information content (AvgIpc) is 2.41. The molecule has 0 aromatic carbocycles. The lowest BCUT2D eigenvalue weighted by Crippen LogP contribution is -2.29. The van der Waals surface area contributed by atoms with Crippen LogP contribution < -0.4 is 11.1 Å². The Hall–Kier alpha value is -2.59. The third-order valence-corrected chi connectivity index (χ3v) is 1.94. The van der Waals surface area contributed by atoms with E-state index in [1.807, 2.05) is 0 Å². The van der Waals surface area contributed by atoms with Gasteiger partial charge in [0.15, 0.2) is 0 Å². The second kappa shape index (κ2) is 7.68. The van der Waals surface area contributed by atoms with Crippen LogP contribution in [0.1, 0.15) is 15.9 Å². The van der Waals surface area contributed by atoms with Crippen LogP contribution in [0, 0.1) is 11.8 Å². The maximum atomic E-state index is 11.7. The fourth-order valence-corrected chi connectivity index (χ4v) is 1.19. The average molecular weight is 263 g/mol. The molecule has 4 N–H and O–H groups in total. The molecule has 1 heterocycles. The Labute approximate surface area is 109 Å². The molecule has 0 aliphatic heterocycles. The van der Waals surface area contributed by atoms with Gasteiger partial charge < -0.3 is 20.9 Å². The van der Waals surface area contributed by atoms with Crippen LogP contribution in [0.15, 0.2) is 18.5 Å². The van der Waals surface area contributed by atoms with E-state index in [0.29, 0.717) is 11.1 Å². The molecule has 1 aromatic rings. The number of ether oxygens (including phenoxy) is 1. The number of hydrogen-bond donors (Lipinski definition) is 3. The van der Waals surface area contributed by atoms with Crippen molar-refractivity contribution in [3.63, 3.8) is 0 Å². The summed E-state index contributed by atoms with van der Waals surface area (Å²) in [5.41, 5.74) is 5.61. The van der Waals surface area contributed by atoms with Gasteiger partial charge in [-0.2, -0.15) is 0 Å². The molecule has 2 amide bonds. The largest absolute Gasteiger partial charge is 0.448 e. The van der Waals surface area contributed by atoms with E-state index in [4.69, 9.17) is 10.8 Å². The van der Waals surface area contributed by atoms with E-state index >= 15 is 0 Å². The van der Waals surface area contributed by atoms with Gasteiger partial charge in [-0.15, -0.1) is 0 Å². The van der Waals surface area contributed by atoms with Crippen molar-refractivity contribution in [1.82, 2.24) is 10.3 Å². The summed E-state index contributed by atoms with van der Waals surface area (Å²) in [6.07, 6.45) is 1.97. The molecule has 0 unspecified atom stereocenters. The molecule has 7 nitrogen and oxygen atoms in total. The van der Waals surface area contributed by atoms with E-state index in [0.717, 1.165) is 0 Å². The maximum absolute atomic E-state index is 11.7. The highest BCUT2D eigenvalue weighted by Gasteiger charge is 2.06. The number of rotatable bonds is 4. The molecule has 0 saturated carbocycles. The Morgan fingerprint density at radius 3 is 2.95 bits per heavy atom. The molecule has 0 spiro atoms. The molecule has 0 bridgehead atoms. The van der Waals surface area contributed by atoms with Crippen molar-refractivity contribution in [1.29, 1.82) is 0 Å². The molecule has 0 aliphatic carbocycles. The standard InChI is InChI=1S/C12H13N3O4/c13-12(18)19-5-3-15-11(17)10-6-9(2-1-4-16)7-14-8-10/h6-8,16H,3-5H2,(H2,13,18)(H,15,17). The van der Waals surface area contributed by atoms with Gasteiger partial charge in [0.25, 0.3) is 5.91 Å². The minimum atomic E-state index is -0.891. The highest BCUT2D eigenvalue weighted by Crippen LogP contribution is 2.01. The molecular formula is C12H13N3O4. The van der Waals surface area contributed by atoms with Crippen LogP contribution in [-0.4, -0.2) is 41.8 Å². The van der Waals surface area contributed by atoms with Gasteiger partial charge in [-0.05, 0) is 6.07 Å². The number of aliphatic hydroxyl groups is 1. The molecule has 19 heavy (non-hydrogen) atoms. The summed E-state index contributed by atoms with van der Waals surface area (Å²) in [7, 11) is 0. The zero-order chi connectivity index (χ0) is 14.1. The molecule has 7 heteroatoms. The van der Waals surface area contributed by atoms with Gasteiger partial charge in [0.1, 0.15) is 13.2 Å². The molecule has 0 radical (unpaired) electrons. The van der Waals surface area contributed by atoms with Crippen LogP contribution >= 0.6 is 0 Å². The van der Waals surface area contributed by atoms with E-state index < -0.39 is 6.09 Å². The quantitative estimate of drug-likeness (QED) is 0.488. The van der Waals surface area contributed by atoms with Gasteiger partial charge in [-0.1, -0.05) is 11.8 Å². The number of hydrogen-bond acceptors (Lipinski definition) is 5. The molecule has 1 aromatic heterocycles. The second-order valence-electron chi connectivity index (χ2n) is 3.35. The molecule has 0 saturated heterocycles. The lowest BCUT2D eigenvalue weighted by molar-refractivity contribution is 0.0936. The normalized spacial score (nSPS) is 9.11. The first-order valence-corrected chi connectivity index (χ1v) is 5.38. The number of nitrogens with two attached hydrogens (primary N) is 1. The van der Waals surface area contributed by atoms with E-state index in [1.54, 1.807) is 6.07 Å². The van der Waals surface area contributed by atoms with Crippen molar-refractivity contribution in [3.05, 3.63) is 29.6 Å². The highest BCUT2D eigenvalue weighted by atomic mass is 16.5. The lowest BCUT2D eigenvalue weighted by Gasteiger charge is -2.05. The highest BCUT2D eigenvalue weighted by molar-refractivity contribution is 5.94. The summed E-state index contributed by atoms with van der Waals surface area (Å²) in [6, 6.07) is 1.54. The molecule has 0 atom stereocenters. The van der Waals surface area contributed by atoms with E-state index in [9.17, 15) is 9.59 Å². The van der Waals surface area contributed by atoms with Crippen LogP contribution in [0.25, 0.3) is 0 Å². The number of pyridine rings is 1. The van der Waals surface area contributed by atoms with Crippen molar-refractivity contribution in [3.8, 4) is 11.8 Å². The summed E-state index contributed by atoms with van der Waals surface area (Å²) in [5, 5.41) is 11.1. The van der Waals surface area contributed by atoms with E-state index in [2.05, 4.69) is 26.9 Å². The molecule has 0 aliphatic rings. The topological polar surface area (TPSA) is 115 Å².